The topological polar surface area (TPSA) is 41.4 Å². The van der Waals surface area contributed by atoms with Crippen molar-refractivity contribution in [1.82, 2.24) is 19.4 Å². The molecule has 1 unspecified atom stereocenters. The molecule has 1 aromatic rings. The first-order valence-corrected chi connectivity index (χ1v) is 9.50. The fraction of sp³-hybridized carbons (Fsp3) is 0.789. The van der Waals surface area contributed by atoms with Crippen LogP contribution < -0.4 is 0 Å². The summed E-state index contributed by atoms with van der Waals surface area (Å²) in [7, 11) is 0. The number of carbonyl (C=O) groups excluding carboxylic acids is 1. The van der Waals surface area contributed by atoms with Crippen molar-refractivity contribution < 1.29 is 4.79 Å². The second kappa shape index (κ2) is 7.68. The zero-order chi connectivity index (χ0) is 17.1. The molecular weight excluding hydrogens is 300 g/mol. The Morgan fingerprint density at radius 2 is 1.92 bits per heavy atom. The number of aryl methyl sites for hydroxylation is 1. The molecule has 0 bridgehead atoms. The van der Waals surface area contributed by atoms with Gasteiger partial charge in [0.2, 0.25) is 5.91 Å². The minimum atomic E-state index is 0.246. The van der Waals surface area contributed by atoms with Crippen LogP contribution in [0.3, 0.4) is 0 Å². The van der Waals surface area contributed by atoms with Crippen LogP contribution in [0.2, 0.25) is 0 Å². The summed E-state index contributed by atoms with van der Waals surface area (Å²) < 4.78 is 1.94. The van der Waals surface area contributed by atoms with Crippen LogP contribution in [-0.4, -0.2) is 58.0 Å². The normalized spacial score (nSPS) is 23.3. The van der Waals surface area contributed by atoms with Gasteiger partial charge in [0, 0.05) is 32.0 Å². The first kappa shape index (κ1) is 17.5. The summed E-state index contributed by atoms with van der Waals surface area (Å²) in [4.78, 5) is 21.4. The van der Waals surface area contributed by atoms with Crippen molar-refractivity contribution in [2.24, 2.45) is 17.8 Å². The number of amides is 1. The molecule has 3 rings (SSSR count). The number of imidazole rings is 1. The number of piperidine rings is 1. The largest absolute Gasteiger partial charge is 0.341 e. The molecule has 5 heteroatoms. The Kier molecular flexibility index (Phi) is 5.59. The van der Waals surface area contributed by atoms with Gasteiger partial charge in [0.1, 0.15) is 12.4 Å². The van der Waals surface area contributed by atoms with Crippen LogP contribution in [0.1, 0.15) is 38.9 Å². The molecule has 2 aliphatic heterocycles. The standard InChI is InChI=1S/C19H32N4O/c1-15(2)12-21-8-4-17(5-9-21)18-6-10-23(13-18)19(24)14-22-11-7-20-16(22)3/h7,11,15,17-18H,4-6,8-10,12-14H2,1-3H3. The van der Waals surface area contributed by atoms with Crippen molar-refractivity contribution in [3.05, 3.63) is 18.2 Å². The minimum absolute atomic E-state index is 0.246. The molecule has 0 aromatic carbocycles. The van der Waals surface area contributed by atoms with E-state index in [9.17, 15) is 4.79 Å². The highest BCUT2D eigenvalue weighted by atomic mass is 16.2. The number of aromatic nitrogens is 2. The Morgan fingerprint density at radius 1 is 1.21 bits per heavy atom. The van der Waals surface area contributed by atoms with Gasteiger partial charge in [-0.1, -0.05) is 13.8 Å². The highest BCUT2D eigenvalue weighted by Gasteiger charge is 2.33. The molecule has 0 spiro atoms. The maximum atomic E-state index is 12.5. The van der Waals surface area contributed by atoms with Crippen LogP contribution in [0.5, 0.6) is 0 Å². The number of hydrogen-bond donors (Lipinski definition) is 0. The van der Waals surface area contributed by atoms with E-state index in [1.807, 2.05) is 17.7 Å². The van der Waals surface area contributed by atoms with Gasteiger partial charge in [-0.05, 0) is 57.0 Å². The Balaban J connectivity index is 1.46. The van der Waals surface area contributed by atoms with E-state index in [0.29, 0.717) is 12.5 Å². The summed E-state index contributed by atoms with van der Waals surface area (Å²) in [5.74, 6) is 3.43. The molecule has 2 aliphatic rings. The molecule has 0 N–H and O–H groups in total. The minimum Gasteiger partial charge on any atom is -0.341 e. The summed E-state index contributed by atoms with van der Waals surface area (Å²) in [5, 5.41) is 0. The lowest BCUT2D eigenvalue weighted by molar-refractivity contribution is -0.131. The Labute approximate surface area is 146 Å². The highest BCUT2D eigenvalue weighted by molar-refractivity contribution is 5.76. The van der Waals surface area contributed by atoms with E-state index in [1.54, 1.807) is 6.20 Å². The second-order valence-electron chi connectivity index (χ2n) is 8.02. The quantitative estimate of drug-likeness (QED) is 0.831. The van der Waals surface area contributed by atoms with Crippen LogP contribution in [0.15, 0.2) is 12.4 Å². The summed E-state index contributed by atoms with van der Waals surface area (Å²) in [5.41, 5.74) is 0. The van der Waals surface area contributed by atoms with Crippen molar-refractivity contribution in [2.75, 3.05) is 32.7 Å². The third-order valence-corrected chi connectivity index (χ3v) is 5.73. The predicted molar refractivity (Wildman–Crippen MR) is 95.7 cm³/mol. The second-order valence-corrected chi connectivity index (χ2v) is 8.02. The first-order chi connectivity index (χ1) is 11.5. The molecule has 5 nitrogen and oxygen atoms in total. The van der Waals surface area contributed by atoms with E-state index in [2.05, 4.69) is 28.6 Å². The summed E-state index contributed by atoms with van der Waals surface area (Å²) in [6.07, 6.45) is 7.45. The van der Waals surface area contributed by atoms with Gasteiger partial charge < -0.3 is 14.4 Å². The highest BCUT2D eigenvalue weighted by Crippen LogP contribution is 2.32. The number of hydrogen-bond acceptors (Lipinski definition) is 3. The molecule has 1 amide bonds. The lowest BCUT2D eigenvalue weighted by atomic mass is 9.83. The van der Waals surface area contributed by atoms with Crippen molar-refractivity contribution in [3.8, 4) is 0 Å². The van der Waals surface area contributed by atoms with Crippen LogP contribution in [-0.2, 0) is 11.3 Å². The molecule has 1 aromatic heterocycles. The number of rotatable bonds is 5. The van der Waals surface area contributed by atoms with Crippen LogP contribution >= 0.6 is 0 Å². The third-order valence-electron chi connectivity index (χ3n) is 5.73. The molecule has 3 heterocycles. The Bertz CT molecular complexity index is 545. The van der Waals surface area contributed by atoms with E-state index < -0.39 is 0 Å². The van der Waals surface area contributed by atoms with Crippen LogP contribution in [0.4, 0.5) is 0 Å². The Hall–Kier alpha value is -1.36. The van der Waals surface area contributed by atoms with Gasteiger partial charge in [-0.2, -0.15) is 0 Å². The molecule has 134 valence electrons. The van der Waals surface area contributed by atoms with Gasteiger partial charge in [-0.15, -0.1) is 0 Å². The lowest BCUT2D eigenvalue weighted by Crippen LogP contribution is -2.39. The van der Waals surface area contributed by atoms with Crippen LogP contribution in [0.25, 0.3) is 0 Å². The average Bonchev–Trinajstić information content (AvgIpc) is 3.17. The summed E-state index contributed by atoms with van der Waals surface area (Å²) >= 11 is 0. The van der Waals surface area contributed by atoms with Gasteiger partial charge in [0.05, 0.1) is 0 Å². The average molecular weight is 332 g/mol. The van der Waals surface area contributed by atoms with Crippen molar-refractivity contribution in [2.45, 2.75) is 46.6 Å². The number of carbonyl (C=O) groups is 1. The molecule has 0 radical (unpaired) electrons. The molecule has 2 saturated heterocycles. The fourth-order valence-electron chi connectivity index (χ4n) is 4.34. The maximum absolute atomic E-state index is 12.5. The van der Waals surface area contributed by atoms with Gasteiger partial charge in [0.25, 0.3) is 0 Å². The Morgan fingerprint density at radius 3 is 2.54 bits per heavy atom. The third kappa shape index (κ3) is 4.18. The molecule has 0 aliphatic carbocycles. The van der Waals surface area contributed by atoms with Gasteiger partial charge in [0.15, 0.2) is 0 Å². The summed E-state index contributed by atoms with van der Waals surface area (Å²) in [6, 6.07) is 0. The zero-order valence-electron chi connectivity index (χ0n) is 15.4. The zero-order valence-corrected chi connectivity index (χ0v) is 15.4. The van der Waals surface area contributed by atoms with E-state index >= 15 is 0 Å². The van der Waals surface area contributed by atoms with E-state index in [0.717, 1.165) is 30.7 Å². The van der Waals surface area contributed by atoms with E-state index in [1.165, 1.54) is 38.9 Å². The van der Waals surface area contributed by atoms with Crippen LogP contribution in [0, 0.1) is 24.7 Å². The van der Waals surface area contributed by atoms with Gasteiger partial charge in [-0.3, -0.25) is 4.79 Å². The predicted octanol–water partition coefficient (Wildman–Crippen LogP) is 2.41. The maximum Gasteiger partial charge on any atom is 0.242 e. The van der Waals surface area contributed by atoms with Gasteiger partial charge >= 0.3 is 0 Å². The van der Waals surface area contributed by atoms with Crippen molar-refractivity contribution >= 4 is 5.91 Å². The van der Waals surface area contributed by atoms with E-state index in [4.69, 9.17) is 0 Å². The number of likely N-dealkylation sites (tertiary alicyclic amines) is 2. The number of nitrogens with zero attached hydrogens (tertiary/aromatic N) is 4. The lowest BCUT2D eigenvalue weighted by Gasteiger charge is -2.35. The fourth-order valence-corrected chi connectivity index (χ4v) is 4.34. The summed E-state index contributed by atoms with van der Waals surface area (Å²) in [6.45, 7) is 12.6. The van der Waals surface area contributed by atoms with E-state index in [-0.39, 0.29) is 5.91 Å². The molecule has 2 fully saturated rings. The molecule has 1 atom stereocenters. The van der Waals surface area contributed by atoms with Crippen molar-refractivity contribution in [1.29, 1.82) is 0 Å². The van der Waals surface area contributed by atoms with Gasteiger partial charge in [-0.25, -0.2) is 4.98 Å². The smallest absolute Gasteiger partial charge is 0.242 e. The first-order valence-electron chi connectivity index (χ1n) is 9.50. The monoisotopic (exact) mass is 332 g/mol. The molecule has 0 saturated carbocycles. The molecule has 24 heavy (non-hydrogen) atoms. The molecular formula is C19H32N4O. The SMILES string of the molecule is Cc1nccn1CC(=O)N1CCC(C2CCN(CC(C)C)CC2)C1. The van der Waals surface area contributed by atoms with Crippen molar-refractivity contribution in [3.63, 3.8) is 0 Å².